The summed E-state index contributed by atoms with van der Waals surface area (Å²) in [5.41, 5.74) is 0. The van der Waals surface area contributed by atoms with E-state index in [4.69, 9.17) is 4.74 Å². The van der Waals surface area contributed by atoms with Gasteiger partial charge in [0.1, 0.15) is 5.82 Å². The number of hydrogen-bond donors (Lipinski definition) is 1. The summed E-state index contributed by atoms with van der Waals surface area (Å²) in [6.45, 7) is 6.69. The van der Waals surface area contributed by atoms with Gasteiger partial charge in [-0.3, -0.25) is 0 Å². The smallest absolute Gasteiger partial charge is 0.214 e. The molecule has 0 aliphatic heterocycles. The van der Waals surface area contributed by atoms with Gasteiger partial charge in [0.05, 0.1) is 7.11 Å². The van der Waals surface area contributed by atoms with Crippen molar-refractivity contribution in [1.29, 1.82) is 0 Å². The Balaban J connectivity index is 2.51. The van der Waals surface area contributed by atoms with Crippen LogP contribution in [0.1, 0.15) is 33.6 Å². The lowest BCUT2D eigenvalue weighted by molar-refractivity contribution is 0.398. The van der Waals surface area contributed by atoms with E-state index in [-0.39, 0.29) is 0 Å². The fourth-order valence-corrected chi connectivity index (χ4v) is 1.69. The molecule has 0 spiro atoms. The molecule has 0 saturated carbocycles. The van der Waals surface area contributed by atoms with Crippen LogP contribution >= 0.6 is 0 Å². The first-order chi connectivity index (χ1) is 7.65. The first-order valence-electron chi connectivity index (χ1n) is 5.93. The van der Waals surface area contributed by atoms with Crippen LogP contribution in [-0.4, -0.2) is 18.1 Å². The minimum atomic E-state index is 0.439. The van der Waals surface area contributed by atoms with Gasteiger partial charge in [0.15, 0.2) is 0 Å². The third-order valence-corrected chi connectivity index (χ3v) is 2.78. The highest BCUT2D eigenvalue weighted by molar-refractivity contribution is 5.37. The van der Waals surface area contributed by atoms with E-state index in [2.05, 4.69) is 31.1 Å². The summed E-state index contributed by atoms with van der Waals surface area (Å²) in [5.74, 6) is 2.28. The Kier molecular flexibility index (Phi) is 5.09. The third kappa shape index (κ3) is 4.09. The van der Waals surface area contributed by atoms with Crippen molar-refractivity contribution in [3.8, 4) is 5.88 Å². The fraction of sp³-hybridized carbons (Fsp3) is 0.615. The summed E-state index contributed by atoms with van der Waals surface area (Å²) in [6.07, 6.45) is 2.38. The first-order valence-corrected chi connectivity index (χ1v) is 5.93. The molecule has 0 aromatic carbocycles. The zero-order chi connectivity index (χ0) is 12.0. The monoisotopic (exact) mass is 222 g/mol. The third-order valence-electron chi connectivity index (χ3n) is 2.78. The summed E-state index contributed by atoms with van der Waals surface area (Å²) < 4.78 is 5.09. The molecule has 0 bridgehead atoms. The minimum Gasteiger partial charge on any atom is -0.481 e. The van der Waals surface area contributed by atoms with Crippen molar-refractivity contribution >= 4 is 5.82 Å². The molecule has 0 aliphatic rings. The molecule has 1 heterocycles. The van der Waals surface area contributed by atoms with Crippen LogP contribution in [0.5, 0.6) is 5.88 Å². The molecule has 1 N–H and O–H groups in total. The second kappa shape index (κ2) is 6.36. The number of methoxy groups -OCH3 is 1. The molecular formula is C13H22N2O. The molecule has 1 aromatic rings. The molecule has 0 fully saturated rings. The number of aromatic nitrogens is 1. The molecule has 0 amide bonds. The zero-order valence-corrected chi connectivity index (χ0v) is 10.7. The van der Waals surface area contributed by atoms with E-state index in [1.807, 2.05) is 18.2 Å². The highest BCUT2D eigenvalue weighted by Gasteiger charge is 2.07. The Morgan fingerprint density at radius 1 is 1.38 bits per heavy atom. The molecule has 2 unspecified atom stereocenters. The number of rotatable bonds is 6. The van der Waals surface area contributed by atoms with Crippen LogP contribution in [0.15, 0.2) is 18.2 Å². The predicted octanol–water partition coefficient (Wildman–Crippen LogP) is 3.33. The van der Waals surface area contributed by atoms with Gasteiger partial charge in [0.2, 0.25) is 5.88 Å². The number of nitrogens with zero attached hydrogens (tertiary/aromatic N) is 1. The van der Waals surface area contributed by atoms with Crippen molar-refractivity contribution in [2.75, 3.05) is 12.4 Å². The van der Waals surface area contributed by atoms with Crippen molar-refractivity contribution in [2.45, 2.75) is 39.7 Å². The quantitative estimate of drug-likeness (QED) is 0.801. The Hall–Kier alpha value is -1.25. The molecule has 2 atom stereocenters. The van der Waals surface area contributed by atoms with Gasteiger partial charge in [-0.05, 0) is 25.3 Å². The molecule has 90 valence electrons. The molecule has 1 aromatic heterocycles. The van der Waals surface area contributed by atoms with Gasteiger partial charge in [-0.1, -0.05) is 26.3 Å². The maximum Gasteiger partial charge on any atom is 0.214 e. The Morgan fingerprint density at radius 3 is 2.75 bits per heavy atom. The van der Waals surface area contributed by atoms with Crippen LogP contribution in [0.3, 0.4) is 0 Å². The molecule has 3 heteroatoms. The number of pyridine rings is 1. The normalized spacial score (nSPS) is 14.2. The van der Waals surface area contributed by atoms with Gasteiger partial charge in [0, 0.05) is 12.1 Å². The van der Waals surface area contributed by atoms with Crippen LogP contribution in [0, 0.1) is 5.92 Å². The van der Waals surface area contributed by atoms with E-state index < -0.39 is 0 Å². The second-order valence-corrected chi connectivity index (χ2v) is 4.36. The standard InChI is InChI=1S/C13H22N2O/c1-5-10(2)9-11(3)14-12-7-6-8-13(15-12)16-4/h6-8,10-11H,5,9H2,1-4H3,(H,14,15). The van der Waals surface area contributed by atoms with E-state index in [1.54, 1.807) is 7.11 Å². The first kappa shape index (κ1) is 12.8. The summed E-state index contributed by atoms with van der Waals surface area (Å²) >= 11 is 0. The lowest BCUT2D eigenvalue weighted by atomic mass is 10.0. The van der Waals surface area contributed by atoms with E-state index in [0.29, 0.717) is 11.9 Å². The van der Waals surface area contributed by atoms with Crippen molar-refractivity contribution in [3.63, 3.8) is 0 Å². The summed E-state index contributed by atoms with van der Waals surface area (Å²) in [6, 6.07) is 6.21. The second-order valence-electron chi connectivity index (χ2n) is 4.36. The zero-order valence-electron chi connectivity index (χ0n) is 10.7. The van der Waals surface area contributed by atoms with Gasteiger partial charge in [-0.25, -0.2) is 0 Å². The highest BCUT2D eigenvalue weighted by Crippen LogP contribution is 2.15. The van der Waals surface area contributed by atoms with Crippen LogP contribution in [0.4, 0.5) is 5.82 Å². The van der Waals surface area contributed by atoms with Gasteiger partial charge in [-0.2, -0.15) is 4.98 Å². The Bertz CT molecular complexity index is 315. The molecule has 0 radical (unpaired) electrons. The SMILES string of the molecule is CCC(C)CC(C)Nc1cccc(OC)n1. The summed E-state index contributed by atoms with van der Waals surface area (Å²) in [5, 5.41) is 3.39. The van der Waals surface area contributed by atoms with Gasteiger partial charge < -0.3 is 10.1 Å². The Labute approximate surface area is 98.2 Å². The van der Waals surface area contributed by atoms with Crippen LogP contribution in [-0.2, 0) is 0 Å². The van der Waals surface area contributed by atoms with Crippen molar-refractivity contribution < 1.29 is 4.74 Å². The van der Waals surface area contributed by atoms with E-state index in [0.717, 1.165) is 18.2 Å². The maximum atomic E-state index is 5.09. The number of nitrogens with one attached hydrogen (secondary N) is 1. The van der Waals surface area contributed by atoms with Gasteiger partial charge >= 0.3 is 0 Å². The van der Waals surface area contributed by atoms with Crippen molar-refractivity contribution in [2.24, 2.45) is 5.92 Å². The lowest BCUT2D eigenvalue weighted by Gasteiger charge is -2.18. The van der Waals surface area contributed by atoms with Gasteiger partial charge in [0.25, 0.3) is 0 Å². The average molecular weight is 222 g/mol. The largest absolute Gasteiger partial charge is 0.481 e. The van der Waals surface area contributed by atoms with Crippen LogP contribution in [0.25, 0.3) is 0 Å². The number of hydrogen-bond acceptors (Lipinski definition) is 3. The van der Waals surface area contributed by atoms with E-state index >= 15 is 0 Å². The molecule has 0 aliphatic carbocycles. The van der Waals surface area contributed by atoms with Gasteiger partial charge in [-0.15, -0.1) is 0 Å². The van der Waals surface area contributed by atoms with Crippen molar-refractivity contribution in [3.05, 3.63) is 18.2 Å². The number of anilines is 1. The van der Waals surface area contributed by atoms with Crippen molar-refractivity contribution in [1.82, 2.24) is 4.98 Å². The highest BCUT2D eigenvalue weighted by atomic mass is 16.5. The molecular weight excluding hydrogens is 200 g/mol. The van der Waals surface area contributed by atoms with E-state index in [1.165, 1.54) is 6.42 Å². The Morgan fingerprint density at radius 2 is 2.12 bits per heavy atom. The van der Waals surface area contributed by atoms with Crippen LogP contribution < -0.4 is 10.1 Å². The summed E-state index contributed by atoms with van der Waals surface area (Å²) in [7, 11) is 1.63. The van der Waals surface area contributed by atoms with Crippen LogP contribution in [0.2, 0.25) is 0 Å². The average Bonchev–Trinajstić information content (AvgIpc) is 2.28. The molecule has 3 nitrogen and oxygen atoms in total. The molecule has 1 rings (SSSR count). The fourth-order valence-electron chi connectivity index (χ4n) is 1.69. The maximum absolute atomic E-state index is 5.09. The topological polar surface area (TPSA) is 34.1 Å². The predicted molar refractivity (Wildman–Crippen MR) is 67.9 cm³/mol. The minimum absolute atomic E-state index is 0.439. The molecule has 16 heavy (non-hydrogen) atoms. The number of ether oxygens (including phenoxy) is 1. The summed E-state index contributed by atoms with van der Waals surface area (Å²) in [4.78, 5) is 4.33. The molecule has 0 saturated heterocycles. The lowest BCUT2D eigenvalue weighted by Crippen LogP contribution is -2.18. The van der Waals surface area contributed by atoms with E-state index in [9.17, 15) is 0 Å².